The molecule has 10 heteroatoms. The maximum Gasteiger partial charge on any atom is 0.329 e. The zero-order valence-electron chi connectivity index (χ0n) is 16.4. The summed E-state index contributed by atoms with van der Waals surface area (Å²) in [5, 5.41) is 13.2. The van der Waals surface area contributed by atoms with E-state index in [0.717, 1.165) is 11.1 Å². The fourth-order valence-corrected chi connectivity index (χ4v) is 2.97. The van der Waals surface area contributed by atoms with E-state index in [9.17, 15) is 24.1 Å². The van der Waals surface area contributed by atoms with Gasteiger partial charge in [0.2, 0.25) is 5.88 Å². The summed E-state index contributed by atoms with van der Waals surface area (Å²) < 4.78 is 19.4. The van der Waals surface area contributed by atoms with E-state index in [0.29, 0.717) is 11.3 Å². The lowest BCUT2D eigenvalue weighted by Crippen LogP contribution is -2.30. The Labute approximate surface area is 180 Å². The summed E-state index contributed by atoms with van der Waals surface area (Å²) in [5.74, 6) is -0.447. The van der Waals surface area contributed by atoms with Crippen molar-refractivity contribution < 1.29 is 23.6 Å². The van der Waals surface area contributed by atoms with E-state index < -0.39 is 22.7 Å². The molecule has 3 aromatic rings. The Hall–Kier alpha value is -4.60. The molecule has 9 nitrogen and oxygen atoms in total. The minimum atomic E-state index is -0.631. The summed E-state index contributed by atoms with van der Waals surface area (Å²) in [5.41, 5.74) is 0.771. The molecule has 0 radical (unpaired) electrons. The highest BCUT2D eigenvalue weighted by Gasteiger charge is 2.33. The number of amides is 3. The molecule has 4 rings (SSSR count). The fraction of sp³-hybridized carbons (Fsp3) is 0.0455. The summed E-state index contributed by atoms with van der Waals surface area (Å²) in [6.45, 7) is -0.177. The van der Waals surface area contributed by atoms with Gasteiger partial charge in [-0.05, 0) is 29.8 Å². The Morgan fingerprint density at radius 3 is 2.50 bits per heavy atom. The molecule has 1 saturated heterocycles. The van der Waals surface area contributed by atoms with Gasteiger partial charge in [0.1, 0.15) is 23.5 Å². The van der Waals surface area contributed by atoms with Gasteiger partial charge in [0.25, 0.3) is 11.6 Å². The second-order valence-corrected chi connectivity index (χ2v) is 6.75. The predicted molar refractivity (Wildman–Crippen MR) is 111 cm³/mol. The number of hydrogen-bond donors (Lipinski definition) is 1. The van der Waals surface area contributed by atoms with Crippen molar-refractivity contribution in [2.45, 2.75) is 6.54 Å². The summed E-state index contributed by atoms with van der Waals surface area (Å²) in [7, 11) is 0. The molecular weight excluding hydrogens is 419 g/mol. The quantitative estimate of drug-likeness (QED) is 0.271. The predicted octanol–water partition coefficient (Wildman–Crippen LogP) is 4.01. The van der Waals surface area contributed by atoms with Crippen LogP contribution < -0.4 is 10.1 Å². The Morgan fingerprint density at radius 2 is 1.84 bits per heavy atom. The lowest BCUT2D eigenvalue weighted by atomic mass is 10.1. The standard InChI is InChI=1S/C22H15FN4O5/c23-18-4-2-1-3-15(18)13-26-21(28)19(25-22(26)29)11-14-5-8-17(9-6-14)32-20-10-7-16(12-24-20)27(30)31/h1-12H,13H2,(H,25,29). The number of pyridine rings is 1. The van der Waals surface area contributed by atoms with Crippen molar-refractivity contribution in [2.24, 2.45) is 0 Å². The number of rotatable bonds is 6. The number of ether oxygens (including phenoxy) is 1. The van der Waals surface area contributed by atoms with Gasteiger partial charge in [0.05, 0.1) is 11.5 Å². The van der Waals surface area contributed by atoms with Gasteiger partial charge in [0.15, 0.2) is 0 Å². The molecule has 0 unspecified atom stereocenters. The molecule has 0 saturated carbocycles. The van der Waals surface area contributed by atoms with Gasteiger partial charge < -0.3 is 10.1 Å². The summed E-state index contributed by atoms with van der Waals surface area (Å²) in [6.07, 6.45) is 2.59. The minimum Gasteiger partial charge on any atom is -0.439 e. The SMILES string of the molecule is O=C1NC(=Cc2ccc(Oc3ccc([N+](=O)[O-])cn3)cc2)C(=O)N1Cc1ccccc1F. The van der Waals surface area contributed by atoms with Gasteiger partial charge >= 0.3 is 6.03 Å². The maximum absolute atomic E-state index is 13.9. The molecule has 2 heterocycles. The average molecular weight is 434 g/mol. The van der Waals surface area contributed by atoms with Crippen LogP contribution in [0.3, 0.4) is 0 Å². The Morgan fingerprint density at radius 1 is 1.09 bits per heavy atom. The first-order chi connectivity index (χ1) is 15.4. The van der Waals surface area contributed by atoms with E-state index >= 15 is 0 Å². The first-order valence-electron chi connectivity index (χ1n) is 9.37. The third-order valence-electron chi connectivity index (χ3n) is 4.59. The fourth-order valence-electron chi connectivity index (χ4n) is 2.97. The van der Waals surface area contributed by atoms with Gasteiger partial charge in [-0.15, -0.1) is 0 Å². The van der Waals surface area contributed by atoms with E-state index in [1.54, 1.807) is 30.3 Å². The highest BCUT2D eigenvalue weighted by atomic mass is 19.1. The molecule has 0 aliphatic carbocycles. The van der Waals surface area contributed by atoms with E-state index in [4.69, 9.17) is 4.74 Å². The van der Waals surface area contributed by atoms with Gasteiger partial charge in [-0.2, -0.15) is 0 Å². The van der Waals surface area contributed by atoms with E-state index in [2.05, 4.69) is 10.3 Å². The van der Waals surface area contributed by atoms with Gasteiger partial charge in [0, 0.05) is 17.7 Å². The number of hydrogen-bond acceptors (Lipinski definition) is 6. The van der Waals surface area contributed by atoms with Crippen molar-refractivity contribution in [3.63, 3.8) is 0 Å². The number of nitro groups is 1. The topological polar surface area (TPSA) is 115 Å². The molecular formula is C22H15FN4O5. The Balaban J connectivity index is 1.44. The van der Waals surface area contributed by atoms with Crippen molar-refractivity contribution >= 4 is 23.7 Å². The molecule has 1 N–H and O–H groups in total. The van der Waals surface area contributed by atoms with Crippen LogP contribution in [0.5, 0.6) is 11.6 Å². The van der Waals surface area contributed by atoms with Crippen LogP contribution in [0.2, 0.25) is 0 Å². The molecule has 2 aromatic carbocycles. The molecule has 160 valence electrons. The Bertz CT molecular complexity index is 1230. The molecule has 32 heavy (non-hydrogen) atoms. The van der Waals surface area contributed by atoms with Crippen LogP contribution in [0, 0.1) is 15.9 Å². The lowest BCUT2D eigenvalue weighted by molar-refractivity contribution is -0.385. The second kappa shape index (κ2) is 8.64. The normalized spacial score (nSPS) is 14.5. The van der Waals surface area contributed by atoms with Crippen molar-refractivity contribution in [3.05, 3.63) is 99.6 Å². The van der Waals surface area contributed by atoms with Crippen LogP contribution in [0.15, 0.2) is 72.6 Å². The number of carbonyl (C=O) groups is 2. The molecule has 0 atom stereocenters. The second-order valence-electron chi connectivity index (χ2n) is 6.75. The van der Waals surface area contributed by atoms with Crippen LogP contribution in [-0.2, 0) is 11.3 Å². The number of urea groups is 1. The zero-order chi connectivity index (χ0) is 22.7. The van der Waals surface area contributed by atoms with Gasteiger partial charge in [-0.3, -0.25) is 19.8 Å². The van der Waals surface area contributed by atoms with Crippen LogP contribution in [-0.4, -0.2) is 26.7 Å². The Kier molecular flexibility index (Phi) is 5.58. The first-order valence-corrected chi connectivity index (χ1v) is 9.37. The third-order valence-corrected chi connectivity index (χ3v) is 4.59. The lowest BCUT2D eigenvalue weighted by Gasteiger charge is -2.12. The number of imide groups is 1. The van der Waals surface area contributed by atoms with Crippen molar-refractivity contribution in [3.8, 4) is 11.6 Å². The monoisotopic (exact) mass is 434 g/mol. The van der Waals surface area contributed by atoms with Crippen LogP contribution >= 0.6 is 0 Å². The van der Waals surface area contributed by atoms with Crippen molar-refractivity contribution in [1.29, 1.82) is 0 Å². The van der Waals surface area contributed by atoms with Crippen molar-refractivity contribution in [2.75, 3.05) is 0 Å². The smallest absolute Gasteiger partial charge is 0.329 e. The van der Waals surface area contributed by atoms with Gasteiger partial charge in [-0.25, -0.2) is 14.2 Å². The molecule has 0 bridgehead atoms. The van der Waals surface area contributed by atoms with Crippen LogP contribution in [0.4, 0.5) is 14.9 Å². The molecule has 1 fully saturated rings. The maximum atomic E-state index is 13.9. The van der Waals surface area contributed by atoms with Crippen molar-refractivity contribution in [1.82, 2.24) is 15.2 Å². The first kappa shape index (κ1) is 20.7. The number of benzene rings is 2. The molecule has 1 aliphatic heterocycles. The van der Waals surface area contributed by atoms with E-state index in [1.165, 1.54) is 36.4 Å². The molecule has 0 spiro atoms. The zero-order valence-corrected chi connectivity index (χ0v) is 16.4. The summed E-state index contributed by atoms with van der Waals surface area (Å²) in [4.78, 5) is 39.7. The largest absolute Gasteiger partial charge is 0.439 e. The molecule has 1 aromatic heterocycles. The molecule has 1 aliphatic rings. The minimum absolute atomic E-state index is 0.0667. The number of nitrogens with one attached hydrogen (secondary N) is 1. The van der Waals surface area contributed by atoms with E-state index in [-0.39, 0.29) is 29.4 Å². The highest BCUT2D eigenvalue weighted by molar-refractivity contribution is 6.13. The average Bonchev–Trinajstić information content (AvgIpc) is 3.04. The number of aromatic nitrogens is 1. The van der Waals surface area contributed by atoms with E-state index in [1.807, 2.05) is 0 Å². The molecule has 3 amide bonds. The number of halogens is 1. The van der Waals surface area contributed by atoms with Crippen LogP contribution in [0.25, 0.3) is 6.08 Å². The van der Waals surface area contributed by atoms with Gasteiger partial charge in [-0.1, -0.05) is 30.3 Å². The third kappa shape index (κ3) is 4.43. The highest BCUT2D eigenvalue weighted by Crippen LogP contribution is 2.23. The number of carbonyl (C=O) groups excluding carboxylic acids is 2. The summed E-state index contributed by atoms with van der Waals surface area (Å²) in [6, 6.07) is 14.5. The van der Waals surface area contributed by atoms with Crippen LogP contribution in [0.1, 0.15) is 11.1 Å². The number of nitrogens with zero attached hydrogens (tertiary/aromatic N) is 3. The summed E-state index contributed by atoms with van der Waals surface area (Å²) >= 11 is 0.